The van der Waals surface area contributed by atoms with Gasteiger partial charge in [-0.1, -0.05) is 6.92 Å². The molecule has 0 aliphatic rings. The number of hydrogen-bond donors (Lipinski definition) is 0. The maximum Gasteiger partial charge on any atom is 0.0593 e. The molecule has 2 nitrogen and oxygen atoms in total. The summed E-state index contributed by atoms with van der Waals surface area (Å²) >= 11 is 0. The highest BCUT2D eigenvalue weighted by molar-refractivity contribution is 4.66. The Balaban J connectivity index is 3.58. The van der Waals surface area contributed by atoms with Crippen LogP contribution in [-0.2, 0) is 4.74 Å². The van der Waals surface area contributed by atoms with Crippen LogP contribution in [0.25, 0.3) is 0 Å². The maximum absolute atomic E-state index is 5.47. The summed E-state index contributed by atoms with van der Waals surface area (Å²) in [6.45, 7) is 13.9. The molecule has 2 heteroatoms. The third kappa shape index (κ3) is 6.05. The Bertz CT molecular complexity index is 105. The van der Waals surface area contributed by atoms with Crippen LogP contribution in [0.15, 0.2) is 0 Å². The minimum absolute atomic E-state index is 0.616. The lowest BCUT2D eigenvalue weighted by Crippen LogP contribution is -2.39. The van der Waals surface area contributed by atoms with Crippen molar-refractivity contribution in [3.8, 4) is 0 Å². The second-order valence-electron chi connectivity index (χ2n) is 4.04. The van der Waals surface area contributed by atoms with E-state index in [4.69, 9.17) is 4.74 Å². The molecule has 0 amide bonds. The summed E-state index contributed by atoms with van der Waals surface area (Å²) < 4.78 is 5.47. The van der Waals surface area contributed by atoms with Crippen molar-refractivity contribution in [3.05, 3.63) is 0 Å². The topological polar surface area (TPSA) is 12.5 Å². The fourth-order valence-electron chi connectivity index (χ4n) is 1.53. The van der Waals surface area contributed by atoms with Gasteiger partial charge in [-0.05, 0) is 34.1 Å². The first-order chi connectivity index (χ1) is 6.09. The fraction of sp³-hybridized carbons (Fsp3) is 1.00. The summed E-state index contributed by atoms with van der Waals surface area (Å²) in [6, 6.07) is 1.23. The minimum atomic E-state index is 0.616. The van der Waals surface area contributed by atoms with Gasteiger partial charge < -0.3 is 4.74 Å². The highest BCUT2D eigenvalue weighted by atomic mass is 16.5. The monoisotopic (exact) mass is 187 g/mol. The van der Waals surface area contributed by atoms with E-state index >= 15 is 0 Å². The first-order valence-electron chi connectivity index (χ1n) is 5.43. The summed E-state index contributed by atoms with van der Waals surface area (Å²) in [7, 11) is 0. The molecule has 0 fully saturated rings. The van der Waals surface area contributed by atoms with Gasteiger partial charge in [0, 0.05) is 25.2 Å². The van der Waals surface area contributed by atoms with Crippen LogP contribution in [0.3, 0.4) is 0 Å². The van der Waals surface area contributed by atoms with E-state index in [2.05, 4.69) is 39.5 Å². The summed E-state index contributed by atoms with van der Waals surface area (Å²) in [5.74, 6) is 0. The van der Waals surface area contributed by atoms with Crippen LogP contribution in [0.2, 0.25) is 0 Å². The molecule has 0 aliphatic carbocycles. The minimum Gasteiger partial charge on any atom is -0.380 e. The third-order valence-corrected chi connectivity index (χ3v) is 2.17. The molecular weight excluding hydrogens is 162 g/mol. The molecule has 0 aromatic carbocycles. The molecule has 0 rings (SSSR count). The predicted octanol–water partition coefficient (Wildman–Crippen LogP) is 2.53. The first-order valence-corrected chi connectivity index (χ1v) is 5.43. The summed E-state index contributed by atoms with van der Waals surface area (Å²) in [4.78, 5) is 2.45. The largest absolute Gasteiger partial charge is 0.380 e. The van der Waals surface area contributed by atoms with Crippen molar-refractivity contribution >= 4 is 0 Å². The van der Waals surface area contributed by atoms with Crippen molar-refractivity contribution in [2.45, 2.75) is 53.1 Å². The van der Waals surface area contributed by atoms with Crippen molar-refractivity contribution in [1.82, 2.24) is 4.90 Å². The van der Waals surface area contributed by atoms with Crippen LogP contribution in [0, 0.1) is 0 Å². The molecular formula is C11H25NO. The Kier molecular flexibility index (Phi) is 7.29. The van der Waals surface area contributed by atoms with E-state index in [-0.39, 0.29) is 0 Å². The molecule has 0 spiro atoms. The standard InChI is InChI=1S/C11H25NO/c1-6-8-13-9-7-12(10(2)3)11(4)5/h10-11H,6-9H2,1-5H3. The van der Waals surface area contributed by atoms with Gasteiger partial charge in [-0.25, -0.2) is 0 Å². The van der Waals surface area contributed by atoms with Gasteiger partial charge in [-0.3, -0.25) is 4.90 Å². The van der Waals surface area contributed by atoms with Gasteiger partial charge in [-0.2, -0.15) is 0 Å². The highest BCUT2D eigenvalue weighted by Crippen LogP contribution is 2.03. The number of nitrogens with zero attached hydrogens (tertiary/aromatic N) is 1. The number of ether oxygens (including phenoxy) is 1. The quantitative estimate of drug-likeness (QED) is 0.568. The molecule has 13 heavy (non-hydrogen) atoms. The predicted molar refractivity (Wildman–Crippen MR) is 58.1 cm³/mol. The van der Waals surface area contributed by atoms with E-state index in [0.717, 1.165) is 26.2 Å². The van der Waals surface area contributed by atoms with Crippen molar-refractivity contribution in [2.24, 2.45) is 0 Å². The average molecular weight is 187 g/mol. The second-order valence-corrected chi connectivity index (χ2v) is 4.04. The molecule has 0 heterocycles. The van der Waals surface area contributed by atoms with Crippen molar-refractivity contribution < 1.29 is 4.74 Å². The Hall–Kier alpha value is -0.0800. The highest BCUT2D eigenvalue weighted by Gasteiger charge is 2.11. The molecule has 0 saturated heterocycles. The molecule has 0 unspecified atom stereocenters. The number of rotatable bonds is 7. The summed E-state index contributed by atoms with van der Waals surface area (Å²) in [5, 5.41) is 0. The molecule has 0 aromatic heterocycles. The molecule has 0 saturated carbocycles. The first kappa shape index (κ1) is 12.9. The van der Waals surface area contributed by atoms with Crippen LogP contribution < -0.4 is 0 Å². The maximum atomic E-state index is 5.47. The third-order valence-electron chi connectivity index (χ3n) is 2.17. The van der Waals surface area contributed by atoms with E-state index in [9.17, 15) is 0 Å². The summed E-state index contributed by atoms with van der Waals surface area (Å²) in [6.07, 6.45) is 1.11. The molecule has 80 valence electrons. The van der Waals surface area contributed by atoms with Gasteiger partial charge in [0.15, 0.2) is 0 Å². The van der Waals surface area contributed by atoms with E-state index in [1.165, 1.54) is 0 Å². The van der Waals surface area contributed by atoms with Gasteiger partial charge in [-0.15, -0.1) is 0 Å². The number of hydrogen-bond acceptors (Lipinski definition) is 2. The molecule has 0 radical (unpaired) electrons. The zero-order valence-electron chi connectivity index (χ0n) is 9.84. The van der Waals surface area contributed by atoms with Crippen molar-refractivity contribution in [2.75, 3.05) is 19.8 Å². The zero-order chi connectivity index (χ0) is 10.3. The van der Waals surface area contributed by atoms with Crippen LogP contribution in [-0.4, -0.2) is 36.7 Å². The van der Waals surface area contributed by atoms with Gasteiger partial charge in [0.1, 0.15) is 0 Å². The van der Waals surface area contributed by atoms with E-state index in [0.29, 0.717) is 12.1 Å². The van der Waals surface area contributed by atoms with Gasteiger partial charge in [0.2, 0.25) is 0 Å². The molecule has 0 bridgehead atoms. The Morgan fingerprint density at radius 1 is 1.00 bits per heavy atom. The molecule has 0 N–H and O–H groups in total. The van der Waals surface area contributed by atoms with Crippen LogP contribution in [0.4, 0.5) is 0 Å². The fourth-order valence-corrected chi connectivity index (χ4v) is 1.53. The van der Waals surface area contributed by atoms with Crippen molar-refractivity contribution in [1.29, 1.82) is 0 Å². The SMILES string of the molecule is CCCOCCN(C(C)C)C(C)C. The van der Waals surface area contributed by atoms with E-state index in [1.54, 1.807) is 0 Å². The second kappa shape index (κ2) is 7.34. The lowest BCUT2D eigenvalue weighted by Gasteiger charge is -2.30. The zero-order valence-corrected chi connectivity index (χ0v) is 9.84. The van der Waals surface area contributed by atoms with Gasteiger partial charge >= 0.3 is 0 Å². The van der Waals surface area contributed by atoms with Crippen LogP contribution in [0.5, 0.6) is 0 Å². The smallest absolute Gasteiger partial charge is 0.0593 e. The van der Waals surface area contributed by atoms with E-state index < -0.39 is 0 Å². The average Bonchev–Trinajstić information content (AvgIpc) is 2.02. The molecule has 0 atom stereocenters. The molecule has 0 aliphatic heterocycles. The Labute approximate surface area is 83.3 Å². The Morgan fingerprint density at radius 2 is 1.54 bits per heavy atom. The lowest BCUT2D eigenvalue weighted by molar-refractivity contribution is 0.0788. The van der Waals surface area contributed by atoms with Gasteiger partial charge in [0.05, 0.1) is 6.61 Å². The summed E-state index contributed by atoms with van der Waals surface area (Å²) in [5.41, 5.74) is 0. The van der Waals surface area contributed by atoms with Crippen molar-refractivity contribution in [3.63, 3.8) is 0 Å². The van der Waals surface area contributed by atoms with Crippen LogP contribution in [0.1, 0.15) is 41.0 Å². The Morgan fingerprint density at radius 3 is 1.92 bits per heavy atom. The normalized spacial score (nSPS) is 12.0. The lowest BCUT2D eigenvalue weighted by atomic mass is 10.2. The van der Waals surface area contributed by atoms with Gasteiger partial charge in [0.25, 0.3) is 0 Å². The molecule has 0 aromatic rings. The van der Waals surface area contributed by atoms with Crippen LogP contribution >= 0.6 is 0 Å². The van der Waals surface area contributed by atoms with E-state index in [1.807, 2.05) is 0 Å².